The van der Waals surface area contributed by atoms with Crippen molar-refractivity contribution in [3.63, 3.8) is 0 Å². The Balaban J connectivity index is 1.76. The molecular formula is C19H24N2. The fourth-order valence-electron chi connectivity index (χ4n) is 3.39. The van der Waals surface area contributed by atoms with E-state index < -0.39 is 0 Å². The number of hydrogen-bond donors (Lipinski definition) is 1. The van der Waals surface area contributed by atoms with Crippen molar-refractivity contribution >= 4 is 0 Å². The van der Waals surface area contributed by atoms with Crippen LogP contribution in [0.3, 0.4) is 0 Å². The van der Waals surface area contributed by atoms with Crippen molar-refractivity contribution in [3.8, 4) is 0 Å². The summed E-state index contributed by atoms with van der Waals surface area (Å²) in [5.41, 5.74) is 5.53. The van der Waals surface area contributed by atoms with E-state index in [0.717, 1.165) is 13.0 Å². The molecule has 0 saturated carbocycles. The van der Waals surface area contributed by atoms with Crippen LogP contribution in [0.5, 0.6) is 0 Å². The van der Waals surface area contributed by atoms with E-state index in [4.69, 9.17) is 0 Å². The molecule has 0 spiro atoms. The second-order valence-electron chi connectivity index (χ2n) is 6.00. The Morgan fingerprint density at radius 1 is 1.10 bits per heavy atom. The van der Waals surface area contributed by atoms with Crippen molar-refractivity contribution in [2.75, 3.05) is 0 Å². The highest BCUT2D eigenvalue weighted by Gasteiger charge is 2.23. The van der Waals surface area contributed by atoms with Gasteiger partial charge in [-0.3, -0.25) is 4.98 Å². The highest BCUT2D eigenvalue weighted by Crippen LogP contribution is 2.37. The second-order valence-corrected chi connectivity index (χ2v) is 6.00. The third-order valence-electron chi connectivity index (χ3n) is 4.67. The standard InChI is InChI=1S/C19H24N2/c1-3-15-7-6-12-20-19(15)13-21-18-11-10-14(2)16-8-4-5-9-17(16)18/h4-9,12,14,18,21H,3,10-11,13H2,1-2H3. The topological polar surface area (TPSA) is 24.9 Å². The zero-order valence-electron chi connectivity index (χ0n) is 13.0. The van der Waals surface area contributed by atoms with Gasteiger partial charge in [0.15, 0.2) is 0 Å². The number of rotatable bonds is 4. The smallest absolute Gasteiger partial charge is 0.0573 e. The zero-order valence-corrected chi connectivity index (χ0v) is 13.0. The number of pyridine rings is 1. The van der Waals surface area contributed by atoms with Crippen LogP contribution in [0.2, 0.25) is 0 Å². The number of nitrogens with zero attached hydrogens (tertiary/aromatic N) is 1. The summed E-state index contributed by atoms with van der Waals surface area (Å²) in [6.07, 6.45) is 5.42. The molecule has 2 aromatic rings. The predicted molar refractivity (Wildman–Crippen MR) is 87.3 cm³/mol. The molecule has 2 nitrogen and oxygen atoms in total. The van der Waals surface area contributed by atoms with Gasteiger partial charge in [-0.25, -0.2) is 0 Å². The molecule has 1 aliphatic carbocycles. The van der Waals surface area contributed by atoms with Gasteiger partial charge in [0.1, 0.15) is 0 Å². The van der Waals surface area contributed by atoms with Crippen LogP contribution in [-0.2, 0) is 13.0 Å². The maximum atomic E-state index is 4.54. The maximum Gasteiger partial charge on any atom is 0.0573 e. The maximum absolute atomic E-state index is 4.54. The first-order valence-corrected chi connectivity index (χ1v) is 8.04. The Morgan fingerprint density at radius 2 is 1.90 bits per heavy atom. The van der Waals surface area contributed by atoms with Crippen LogP contribution in [0.1, 0.15) is 61.0 Å². The van der Waals surface area contributed by atoms with E-state index >= 15 is 0 Å². The molecule has 0 radical (unpaired) electrons. The van der Waals surface area contributed by atoms with Crippen LogP contribution >= 0.6 is 0 Å². The zero-order chi connectivity index (χ0) is 14.7. The predicted octanol–water partition coefficient (Wildman–Crippen LogP) is 4.37. The number of aromatic nitrogens is 1. The van der Waals surface area contributed by atoms with Gasteiger partial charge in [-0.05, 0) is 47.9 Å². The first kappa shape index (κ1) is 14.3. The molecule has 0 aliphatic heterocycles. The van der Waals surface area contributed by atoms with Crippen molar-refractivity contribution in [2.45, 2.75) is 51.6 Å². The Hall–Kier alpha value is -1.67. The minimum Gasteiger partial charge on any atom is -0.304 e. The van der Waals surface area contributed by atoms with E-state index in [-0.39, 0.29) is 0 Å². The van der Waals surface area contributed by atoms with Gasteiger partial charge in [0.05, 0.1) is 5.69 Å². The van der Waals surface area contributed by atoms with Crippen molar-refractivity contribution in [1.82, 2.24) is 10.3 Å². The molecule has 1 aromatic carbocycles. The molecule has 1 aromatic heterocycles. The molecule has 0 bridgehead atoms. The van der Waals surface area contributed by atoms with Crippen LogP contribution < -0.4 is 5.32 Å². The summed E-state index contributed by atoms with van der Waals surface area (Å²) in [6.45, 7) is 5.39. The lowest BCUT2D eigenvalue weighted by Gasteiger charge is -2.30. The van der Waals surface area contributed by atoms with E-state index in [1.807, 2.05) is 12.3 Å². The SMILES string of the molecule is CCc1cccnc1CNC1CCC(C)c2ccccc21. The third kappa shape index (κ3) is 3.01. The first-order valence-electron chi connectivity index (χ1n) is 8.04. The molecule has 1 N–H and O–H groups in total. The molecular weight excluding hydrogens is 256 g/mol. The molecule has 2 heteroatoms. The normalized spacial score (nSPS) is 21.0. The minimum absolute atomic E-state index is 0.462. The third-order valence-corrected chi connectivity index (χ3v) is 4.67. The van der Waals surface area contributed by atoms with E-state index in [2.05, 4.69) is 54.5 Å². The van der Waals surface area contributed by atoms with Crippen LogP contribution in [-0.4, -0.2) is 4.98 Å². The fraction of sp³-hybridized carbons (Fsp3) is 0.421. The van der Waals surface area contributed by atoms with Gasteiger partial charge in [0.25, 0.3) is 0 Å². The van der Waals surface area contributed by atoms with Crippen LogP contribution in [0.4, 0.5) is 0 Å². The van der Waals surface area contributed by atoms with E-state index in [1.54, 1.807) is 0 Å². The summed E-state index contributed by atoms with van der Waals surface area (Å²) < 4.78 is 0. The van der Waals surface area contributed by atoms with Crippen LogP contribution in [0.25, 0.3) is 0 Å². The molecule has 0 amide bonds. The van der Waals surface area contributed by atoms with Crippen LogP contribution in [0.15, 0.2) is 42.6 Å². The van der Waals surface area contributed by atoms with E-state index in [0.29, 0.717) is 12.0 Å². The molecule has 21 heavy (non-hydrogen) atoms. The average molecular weight is 280 g/mol. The minimum atomic E-state index is 0.462. The highest BCUT2D eigenvalue weighted by atomic mass is 14.9. The average Bonchev–Trinajstić information content (AvgIpc) is 2.55. The van der Waals surface area contributed by atoms with Crippen molar-refractivity contribution in [3.05, 3.63) is 65.0 Å². The molecule has 110 valence electrons. The summed E-state index contributed by atoms with van der Waals surface area (Å²) in [7, 11) is 0. The molecule has 0 fully saturated rings. The lowest BCUT2D eigenvalue weighted by molar-refractivity contribution is 0.428. The molecule has 0 saturated heterocycles. The van der Waals surface area contributed by atoms with Crippen molar-refractivity contribution in [1.29, 1.82) is 0 Å². The van der Waals surface area contributed by atoms with Gasteiger partial charge in [0, 0.05) is 18.8 Å². The molecule has 1 heterocycles. The summed E-state index contributed by atoms with van der Waals surface area (Å²) in [4.78, 5) is 4.54. The number of benzene rings is 1. The molecule has 3 rings (SSSR count). The Labute approximate surface area is 127 Å². The lowest BCUT2D eigenvalue weighted by Crippen LogP contribution is -2.26. The summed E-state index contributed by atoms with van der Waals surface area (Å²) >= 11 is 0. The number of fused-ring (bicyclic) bond motifs is 1. The number of aryl methyl sites for hydroxylation is 1. The Morgan fingerprint density at radius 3 is 2.71 bits per heavy atom. The number of hydrogen-bond acceptors (Lipinski definition) is 2. The lowest BCUT2D eigenvalue weighted by atomic mass is 9.81. The Kier molecular flexibility index (Phi) is 4.35. The largest absolute Gasteiger partial charge is 0.304 e. The summed E-state index contributed by atoms with van der Waals surface area (Å²) in [5.74, 6) is 0.681. The monoisotopic (exact) mass is 280 g/mol. The van der Waals surface area contributed by atoms with Gasteiger partial charge in [-0.2, -0.15) is 0 Å². The van der Waals surface area contributed by atoms with Crippen molar-refractivity contribution < 1.29 is 0 Å². The first-order chi connectivity index (χ1) is 10.3. The Bertz CT molecular complexity index is 606. The van der Waals surface area contributed by atoms with Crippen LogP contribution in [0, 0.1) is 0 Å². The number of nitrogens with one attached hydrogen (secondary N) is 1. The highest BCUT2D eigenvalue weighted by molar-refractivity contribution is 5.35. The molecule has 2 unspecified atom stereocenters. The summed E-state index contributed by atoms with van der Waals surface area (Å²) in [5, 5.41) is 3.73. The fourth-order valence-corrected chi connectivity index (χ4v) is 3.39. The quantitative estimate of drug-likeness (QED) is 0.899. The van der Waals surface area contributed by atoms with Gasteiger partial charge in [-0.15, -0.1) is 0 Å². The van der Waals surface area contributed by atoms with Gasteiger partial charge in [-0.1, -0.05) is 44.2 Å². The molecule has 2 atom stereocenters. The van der Waals surface area contributed by atoms with Crippen molar-refractivity contribution in [2.24, 2.45) is 0 Å². The van der Waals surface area contributed by atoms with Gasteiger partial charge < -0.3 is 5.32 Å². The second kappa shape index (κ2) is 6.40. The van der Waals surface area contributed by atoms with Gasteiger partial charge in [0.2, 0.25) is 0 Å². The van der Waals surface area contributed by atoms with E-state index in [9.17, 15) is 0 Å². The van der Waals surface area contributed by atoms with E-state index in [1.165, 1.54) is 35.2 Å². The van der Waals surface area contributed by atoms with Gasteiger partial charge >= 0.3 is 0 Å². The molecule has 1 aliphatic rings. The summed E-state index contributed by atoms with van der Waals surface area (Å²) in [6, 6.07) is 13.5.